The van der Waals surface area contributed by atoms with E-state index in [0.717, 1.165) is 0 Å². The number of pyridine rings is 1. The van der Waals surface area contributed by atoms with Crippen molar-refractivity contribution >= 4 is 11.6 Å². The van der Waals surface area contributed by atoms with Crippen molar-refractivity contribution in [3.8, 4) is 28.9 Å². The molecule has 0 fully saturated rings. The minimum absolute atomic E-state index is 0.166. The largest absolute Gasteiger partial charge is 0.497 e. The number of aromatic nitrogens is 1. The second-order valence-corrected chi connectivity index (χ2v) is 5.69. The number of hydrogen-bond donors (Lipinski definition) is 1. The van der Waals surface area contributed by atoms with Crippen LogP contribution in [0.4, 0.5) is 5.69 Å². The number of nitrogens with one attached hydrogen (secondary N) is 1. The number of anilines is 1. The van der Waals surface area contributed by atoms with Gasteiger partial charge in [0.1, 0.15) is 11.5 Å². The predicted molar refractivity (Wildman–Crippen MR) is 97.8 cm³/mol. The number of rotatable bonds is 5. The molecular formula is C20H16N2O5. The van der Waals surface area contributed by atoms with Crippen LogP contribution in [-0.4, -0.2) is 24.8 Å². The van der Waals surface area contributed by atoms with Gasteiger partial charge < -0.3 is 24.3 Å². The first kappa shape index (κ1) is 16.7. The normalized spacial score (nSPS) is 11.7. The van der Waals surface area contributed by atoms with Crippen LogP contribution in [0.3, 0.4) is 0 Å². The molecule has 1 N–H and O–H groups in total. The van der Waals surface area contributed by atoms with Gasteiger partial charge >= 0.3 is 0 Å². The number of nitrogens with zero attached hydrogens (tertiary/aromatic N) is 1. The van der Waals surface area contributed by atoms with Crippen LogP contribution in [0.2, 0.25) is 0 Å². The van der Waals surface area contributed by atoms with E-state index >= 15 is 0 Å². The van der Waals surface area contributed by atoms with Crippen LogP contribution >= 0.6 is 0 Å². The lowest BCUT2D eigenvalue weighted by Crippen LogP contribution is -2.11. The Morgan fingerprint density at radius 3 is 2.70 bits per heavy atom. The highest BCUT2D eigenvalue weighted by molar-refractivity contribution is 6.04. The third kappa shape index (κ3) is 3.77. The van der Waals surface area contributed by atoms with Gasteiger partial charge in [-0.15, -0.1) is 0 Å². The molecule has 0 aliphatic carbocycles. The Balaban J connectivity index is 1.42. The molecule has 27 heavy (non-hydrogen) atoms. The van der Waals surface area contributed by atoms with Gasteiger partial charge in [0.05, 0.1) is 19.0 Å². The molecule has 1 amide bonds. The van der Waals surface area contributed by atoms with Crippen molar-refractivity contribution in [1.29, 1.82) is 0 Å². The first-order chi connectivity index (χ1) is 13.2. The first-order valence-corrected chi connectivity index (χ1v) is 8.20. The zero-order chi connectivity index (χ0) is 18.6. The standard InChI is InChI=1S/C20H16N2O5/c1-24-15-3-2-4-16(10-15)27-19-8-6-14(11-21-19)22-20(23)13-5-7-17-18(9-13)26-12-25-17/h2-11H,12H2,1H3,(H,22,23). The summed E-state index contributed by atoms with van der Waals surface area (Å²) in [4.78, 5) is 16.6. The molecule has 0 spiro atoms. The van der Waals surface area contributed by atoms with E-state index in [1.165, 1.54) is 6.20 Å². The van der Waals surface area contributed by atoms with E-state index in [4.69, 9.17) is 18.9 Å². The molecule has 1 aliphatic heterocycles. The summed E-state index contributed by atoms with van der Waals surface area (Å²) < 4.78 is 21.4. The van der Waals surface area contributed by atoms with Crippen LogP contribution < -0.4 is 24.3 Å². The molecule has 0 saturated carbocycles. The van der Waals surface area contributed by atoms with Gasteiger partial charge in [-0.3, -0.25) is 4.79 Å². The van der Waals surface area contributed by atoms with Crippen LogP contribution in [0.15, 0.2) is 60.8 Å². The molecule has 4 rings (SSSR count). The van der Waals surface area contributed by atoms with Crippen molar-refractivity contribution in [2.75, 3.05) is 19.2 Å². The Bertz CT molecular complexity index is 972. The Morgan fingerprint density at radius 2 is 1.89 bits per heavy atom. The number of benzene rings is 2. The van der Waals surface area contributed by atoms with E-state index in [0.29, 0.717) is 40.1 Å². The lowest BCUT2D eigenvalue weighted by atomic mass is 10.2. The van der Waals surface area contributed by atoms with E-state index in [1.54, 1.807) is 49.6 Å². The average Bonchev–Trinajstić information content (AvgIpc) is 3.17. The highest BCUT2D eigenvalue weighted by Crippen LogP contribution is 2.32. The first-order valence-electron chi connectivity index (χ1n) is 8.20. The van der Waals surface area contributed by atoms with E-state index in [1.807, 2.05) is 12.1 Å². The topological polar surface area (TPSA) is 78.9 Å². The van der Waals surface area contributed by atoms with Gasteiger partial charge in [-0.25, -0.2) is 4.98 Å². The van der Waals surface area contributed by atoms with Gasteiger partial charge in [-0.2, -0.15) is 0 Å². The maximum atomic E-state index is 12.4. The van der Waals surface area contributed by atoms with Crippen molar-refractivity contribution in [2.24, 2.45) is 0 Å². The molecule has 0 radical (unpaired) electrons. The molecule has 0 saturated heterocycles. The Hall–Kier alpha value is -3.74. The second-order valence-electron chi connectivity index (χ2n) is 5.69. The number of carbonyl (C=O) groups excluding carboxylic acids is 1. The van der Waals surface area contributed by atoms with Crippen molar-refractivity contribution < 1.29 is 23.7 Å². The van der Waals surface area contributed by atoms with Gasteiger partial charge in [-0.05, 0) is 36.4 Å². The summed E-state index contributed by atoms with van der Waals surface area (Å²) in [5.41, 5.74) is 1.02. The second kappa shape index (κ2) is 7.25. The highest BCUT2D eigenvalue weighted by Gasteiger charge is 2.16. The quantitative estimate of drug-likeness (QED) is 0.741. The maximum absolute atomic E-state index is 12.4. The number of fused-ring (bicyclic) bond motifs is 1. The van der Waals surface area contributed by atoms with Crippen LogP contribution in [0.1, 0.15) is 10.4 Å². The average molecular weight is 364 g/mol. The fraction of sp³-hybridized carbons (Fsp3) is 0.100. The van der Waals surface area contributed by atoms with Crippen LogP contribution in [-0.2, 0) is 0 Å². The summed E-state index contributed by atoms with van der Waals surface area (Å²) in [6.45, 7) is 0.166. The summed E-state index contributed by atoms with van der Waals surface area (Å²) in [6, 6.07) is 15.6. The molecule has 7 heteroatoms. The zero-order valence-electron chi connectivity index (χ0n) is 14.5. The molecule has 0 atom stereocenters. The van der Waals surface area contributed by atoms with Crippen LogP contribution in [0.5, 0.6) is 28.9 Å². The van der Waals surface area contributed by atoms with Crippen LogP contribution in [0.25, 0.3) is 0 Å². The minimum atomic E-state index is -0.267. The maximum Gasteiger partial charge on any atom is 0.255 e. The third-order valence-corrected chi connectivity index (χ3v) is 3.89. The molecule has 136 valence electrons. The Labute approximate surface area is 155 Å². The highest BCUT2D eigenvalue weighted by atomic mass is 16.7. The molecule has 0 bridgehead atoms. The summed E-state index contributed by atoms with van der Waals surface area (Å²) in [7, 11) is 1.59. The molecule has 1 aliphatic rings. The van der Waals surface area contributed by atoms with Gasteiger partial charge in [0.25, 0.3) is 5.91 Å². The molecule has 0 unspecified atom stereocenters. The lowest BCUT2D eigenvalue weighted by molar-refractivity contribution is 0.102. The number of hydrogen-bond acceptors (Lipinski definition) is 6. The van der Waals surface area contributed by atoms with Gasteiger partial charge in [-0.1, -0.05) is 6.07 Å². The minimum Gasteiger partial charge on any atom is -0.497 e. The number of ether oxygens (including phenoxy) is 4. The summed E-state index contributed by atoms with van der Waals surface area (Å²) >= 11 is 0. The van der Waals surface area contributed by atoms with Crippen molar-refractivity contribution in [3.05, 3.63) is 66.4 Å². The SMILES string of the molecule is COc1cccc(Oc2ccc(NC(=O)c3ccc4c(c3)OCO4)cn2)c1. The molecule has 7 nitrogen and oxygen atoms in total. The van der Waals surface area contributed by atoms with Crippen LogP contribution in [0, 0.1) is 0 Å². The van der Waals surface area contributed by atoms with E-state index in [-0.39, 0.29) is 12.7 Å². The van der Waals surface area contributed by atoms with Crippen molar-refractivity contribution in [2.45, 2.75) is 0 Å². The van der Waals surface area contributed by atoms with Crippen molar-refractivity contribution in [1.82, 2.24) is 4.98 Å². The Morgan fingerprint density at radius 1 is 1.04 bits per heavy atom. The van der Waals surface area contributed by atoms with Crippen molar-refractivity contribution in [3.63, 3.8) is 0 Å². The van der Waals surface area contributed by atoms with Gasteiger partial charge in [0.15, 0.2) is 11.5 Å². The molecule has 2 heterocycles. The number of carbonyl (C=O) groups is 1. The fourth-order valence-electron chi connectivity index (χ4n) is 2.54. The number of amides is 1. The fourth-order valence-corrected chi connectivity index (χ4v) is 2.54. The number of methoxy groups -OCH3 is 1. The molecule has 3 aromatic rings. The predicted octanol–water partition coefficient (Wildman–Crippen LogP) is 3.86. The van der Waals surface area contributed by atoms with Gasteiger partial charge in [0.2, 0.25) is 12.7 Å². The van der Waals surface area contributed by atoms with E-state index in [2.05, 4.69) is 10.3 Å². The lowest BCUT2D eigenvalue weighted by Gasteiger charge is -2.08. The van der Waals surface area contributed by atoms with Gasteiger partial charge in [0, 0.05) is 17.7 Å². The summed E-state index contributed by atoms with van der Waals surface area (Å²) in [5, 5.41) is 2.79. The molecule has 1 aromatic heterocycles. The van der Waals surface area contributed by atoms with E-state index < -0.39 is 0 Å². The summed E-state index contributed by atoms with van der Waals surface area (Å²) in [6.07, 6.45) is 1.53. The Kier molecular flexibility index (Phi) is 4.49. The zero-order valence-corrected chi connectivity index (χ0v) is 14.5. The molecular weight excluding hydrogens is 348 g/mol. The molecule has 2 aromatic carbocycles. The smallest absolute Gasteiger partial charge is 0.255 e. The monoisotopic (exact) mass is 364 g/mol. The third-order valence-electron chi connectivity index (χ3n) is 3.89. The van der Waals surface area contributed by atoms with E-state index in [9.17, 15) is 4.79 Å². The summed E-state index contributed by atoms with van der Waals surface area (Å²) in [5.74, 6) is 2.63.